The molecular weight excluding hydrogens is 513 g/mol. The SMILES string of the molecule is C=CC(=O)Nc1cccc(-n2c(C)cc(=O)c3cnc(Nc4ccc(N5CCN(CCO)CC5)cc4F)nc32)c1. The van der Waals surface area contributed by atoms with E-state index in [0.29, 0.717) is 34.6 Å². The molecule has 0 saturated carbocycles. The number of rotatable bonds is 8. The number of aryl methyl sites for hydroxylation is 1. The number of halogens is 1. The minimum absolute atomic E-state index is 0.127. The normalized spacial score (nSPS) is 13.8. The number of hydrogen-bond acceptors (Lipinski definition) is 8. The Bertz CT molecular complexity index is 1630. The number of carbonyl (C=O) groups excluding carboxylic acids is 1. The van der Waals surface area contributed by atoms with Gasteiger partial charge in [-0.25, -0.2) is 9.37 Å². The maximum atomic E-state index is 15.2. The second-order valence-electron chi connectivity index (χ2n) is 9.50. The topological polar surface area (TPSA) is 116 Å². The molecule has 0 unspecified atom stereocenters. The molecule has 0 spiro atoms. The maximum Gasteiger partial charge on any atom is 0.247 e. The highest BCUT2D eigenvalue weighted by Gasteiger charge is 2.18. The summed E-state index contributed by atoms with van der Waals surface area (Å²) < 4.78 is 16.9. The molecule has 10 nitrogen and oxygen atoms in total. The fourth-order valence-corrected chi connectivity index (χ4v) is 4.81. The number of nitrogens with one attached hydrogen (secondary N) is 2. The molecule has 1 amide bonds. The molecule has 3 heterocycles. The number of anilines is 4. The molecule has 1 fully saturated rings. The van der Waals surface area contributed by atoms with Gasteiger partial charge in [-0.05, 0) is 49.4 Å². The third kappa shape index (κ3) is 5.70. The number of aliphatic hydroxyl groups is 1. The number of carbonyl (C=O) groups is 1. The van der Waals surface area contributed by atoms with E-state index < -0.39 is 5.82 Å². The number of aromatic nitrogens is 3. The van der Waals surface area contributed by atoms with Crippen molar-refractivity contribution in [2.45, 2.75) is 6.92 Å². The van der Waals surface area contributed by atoms with Crippen LogP contribution in [0.25, 0.3) is 16.7 Å². The van der Waals surface area contributed by atoms with E-state index in [0.717, 1.165) is 31.9 Å². The van der Waals surface area contributed by atoms with Crippen molar-refractivity contribution in [3.8, 4) is 5.69 Å². The van der Waals surface area contributed by atoms with E-state index in [1.54, 1.807) is 35.8 Å². The summed E-state index contributed by atoms with van der Waals surface area (Å²) >= 11 is 0. The van der Waals surface area contributed by atoms with Gasteiger partial charge in [0.1, 0.15) is 5.82 Å². The summed E-state index contributed by atoms with van der Waals surface area (Å²) in [5.41, 5.74) is 2.94. The van der Waals surface area contributed by atoms with Crippen molar-refractivity contribution < 1.29 is 14.3 Å². The number of nitrogens with zero attached hydrogens (tertiary/aromatic N) is 5. The number of hydrogen-bond donors (Lipinski definition) is 3. The van der Waals surface area contributed by atoms with Gasteiger partial charge in [0, 0.05) is 67.7 Å². The van der Waals surface area contributed by atoms with Crippen LogP contribution in [0.3, 0.4) is 0 Å². The highest BCUT2D eigenvalue weighted by atomic mass is 19.1. The van der Waals surface area contributed by atoms with Crippen LogP contribution < -0.4 is 21.0 Å². The Morgan fingerprint density at radius 1 is 1.12 bits per heavy atom. The van der Waals surface area contributed by atoms with Crippen LogP contribution >= 0.6 is 0 Å². The molecule has 3 N–H and O–H groups in total. The molecule has 206 valence electrons. The molecule has 11 heteroatoms. The van der Waals surface area contributed by atoms with Gasteiger partial charge in [-0.1, -0.05) is 12.6 Å². The van der Waals surface area contributed by atoms with Crippen LogP contribution in [0.1, 0.15) is 5.69 Å². The molecule has 40 heavy (non-hydrogen) atoms. The summed E-state index contributed by atoms with van der Waals surface area (Å²) in [5.74, 6) is -0.664. The quantitative estimate of drug-likeness (QED) is 0.290. The third-order valence-electron chi connectivity index (χ3n) is 6.85. The van der Waals surface area contributed by atoms with Crippen molar-refractivity contribution in [3.63, 3.8) is 0 Å². The Morgan fingerprint density at radius 3 is 2.65 bits per heavy atom. The first kappa shape index (κ1) is 27.0. The first-order valence-corrected chi connectivity index (χ1v) is 12.9. The van der Waals surface area contributed by atoms with Crippen LogP contribution in [-0.2, 0) is 4.79 Å². The van der Waals surface area contributed by atoms with E-state index in [4.69, 9.17) is 5.11 Å². The molecule has 0 atom stereocenters. The van der Waals surface area contributed by atoms with Crippen molar-refractivity contribution in [1.29, 1.82) is 0 Å². The number of piperazine rings is 1. The van der Waals surface area contributed by atoms with Crippen molar-refractivity contribution in [2.24, 2.45) is 0 Å². The molecule has 2 aromatic heterocycles. The Balaban J connectivity index is 1.44. The van der Waals surface area contributed by atoms with Crippen molar-refractivity contribution in [1.82, 2.24) is 19.4 Å². The number of fused-ring (bicyclic) bond motifs is 1. The summed E-state index contributed by atoms with van der Waals surface area (Å²) in [6.45, 7) is 9.12. The van der Waals surface area contributed by atoms with Gasteiger partial charge in [0.25, 0.3) is 0 Å². The minimum atomic E-state index is -0.453. The molecular formula is C29H30FN7O3. The zero-order valence-electron chi connectivity index (χ0n) is 22.1. The molecule has 0 bridgehead atoms. The predicted molar refractivity (Wildman–Crippen MR) is 154 cm³/mol. The molecule has 2 aromatic carbocycles. The van der Waals surface area contributed by atoms with E-state index in [1.165, 1.54) is 24.4 Å². The summed E-state index contributed by atoms with van der Waals surface area (Å²) in [6, 6.07) is 13.6. The number of benzene rings is 2. The van der Waals surface area contributed by atoms with Crippen LogP contribution in [0, 0.1) is 12.7 Å². The lowest BCUT2D eigenvalue weighted by molar-refractivity contribution is -0.111. The van der Waals surface area contributed by atoms with E-state index in [-0.39, 0.29) is 29.6 Å². The summed E-state index contributed by atoms with van der Waals surface area (Å²) in [4.78, 5) is 37.7. The number of pyridine rings is 1. The lowest BCUT2D eigenvalue weighted by Gasteiger charge is -2.35. The van der Waals surface area contributed by atoms with E-state index in [2.05, 4.69) is 37.0 Å². The van der Waals surface area contributed by atoms with Crippen molar-refractivity contribution in [2.75, 3.05) is 54.9 Å². The zero-order chi connectivity index (χ0) is 28.2. The molecule has 0 aliphatic carbocycles. The van der Waals surface area contributed by atoms with Crippen LogP contribution in [0.2, 0.25) is 0 Å². The standard InChI is InChI=1S/C29H30FN7O3/c1-3-27(40)32-20-5-4-6-22(16-20)37-19(2)15-26(39)23-18-31-29(34-28(23)37)33-25-8-7-21(17-24(25)30)36-11-9-35(10-12-36)13-14-38/h3-8,15-18,38H,1,9-14H2,2H3,(H,32,40)(H,31,33,34). The van der Waals surface area contributed by atoms with Gasteiger partial charge in [-0.2, -0.15) is 4.98 Å². The van der Waals surface area contributed by atoms with Crippen LogP contribution in [0.4, 0.5) is 27.4 Å². The van der Waals surface area contributed by atoms with Gasteiger partial charge in [0.05, 0.1) is 17.7 Å². The molecule has 4 aromatic rings. The van der Waals surface area contributed by atoms with Gasteiger partial charge in [-0.3, -0.25) is 19.1 Å². The number of amides is 1. The van der Waals surface area contributed by atoms with Crippen molar-refractivity contribution in [3.05, 3.63) is 89.1 Å². The monoisotopic (exact) mass is 543 g/mol. The Kier molecular flexibility index (Phi) is 7.85. The lowest BCUT2D eigenvalue weighted by Crippen LogP contribution is -2.47. The summed E-state index contributed by atoms with van der Waals surface area (Å²) in [6.07, 6.45) is 2.60. The summed E-state index contributed by atoms with van der Waals surface area (Å²) in [7, 11) is 0. The fraction of sp³-hybridized carbons (Fsp3) is 0.241. The minimum Gasteiger partial charge on any atom is -0.395 e. The average molecular weight is 544 g/mol. The highest BCUT2D eigenvalue weighted by Crippen LogP contribution is 2.26. The lowest BCUT2D eigenvalue weighted by atomic mass is 10.2. The van der Waals surface area contributed by atoms with Crippen molar-refractivity contribution >= 4 is 40.0 Å². The molecule has 1 aliphatic rings. The Hall–Kier alpha value is -4.61. The second kappa shape index (κ2) is 11.6. The number of aliphatic hydroxyl groups excluding tert-OH is 1. The van der Waals surface area contributed by atoms with Crippen LogP contribution in [0.5, 0.6) is 0 Å². The van der Waals surface area contributed by atoms with Gasteiger partial charge >= 0.3 is 0 Å². The fourth-order valence-electron chi connectivity index (χ4n) is 4.81. The van der Waals surface area contributed by atoms with Gasteiger partial charge in [0.2, 0.25) is 11.9 Å². The molecule has 1 saturated heterocycles. The Morgan fingerprint density at radius 2 is 1.93 bits per heavy atom. The smallest absolute Gasteiger partial charge is 0.247 e. The van der Waals surface area contributed by atoms with Gasteiger partial charge in [-0.15, -0.1) is 0 Å². The third-order valence-corrected chi connectivity index (χ3v) is 6.85. The first-order valence-electron chi connectivity index (χ1n) is 12.9. The second-order valence-corrected chi connectivity index (χ2v) is 9.50. The average Bonchev–Trinajstić information content (AvgIpc) is 2.95. The van der Waals surface area contributed by atoms with Gasteiger partial charge in [0.15, 0.2) is 11.1 Å². The van der Waals surface area contributed by atoms with Crippen LogP contribution in [0.15, 0.2) is 72.2 Å². The predicted octanol–water partition coefficient (Wildman–Crippen LogP) is 3.21. The van der Waals surface area contributed by atoms with E-state index in [1.807, 2.05) is 12.1 Å². The Labute approximate surface area is 230 Å². The highest BCUT2D eigenvalue weighted by molar-refractivity contribution is 5.99. The first-order chi connectivity index (χ1) is 19.4. The van der Waals surface area contributed by atoms with Crippen LogP contribution in [-0.4, -0.2) is 69.8 Å². The molecule has 5 rings (SSSR count). The van der Waals surface area contributed by atoms with Gasteiger partial charge < -0.3 is 20.6 Å². The van der Waals surface area contributed by atoms with E-state index in [9.17, 15) is 9.59 Å². The molecule has 0 radical (unpaired) electrons. The molecule has 1 aliphatic heterocycles. The number of β-amino-alcohol motifs (C(OH)–C–C–N with tert-alkyl or cyclic N) is 1. The summed E-state index contributed by atoms with van der Waals surface area (Å²) in [5, 5.41) is 15.1. The maximum absolute atomic E-state index is 15.2. The largest absolute Gasteiger partial charge is 0.395 e. The zero-order valence-corrected chi connectivity index (χ0v) is 22.1. The van der Waals surface area contributed by atoms with E-state index >= 15 is 4.39 Å².